The van der Waals surface area contributed by atoms with Crippen LogP contribution in [0.1, 0.15) is 33.1 Å². The van der Waals surface area contributed by atoms with E-state index < -0.39 is 0 Å². The first-order valence-electron chi connectivity index (χ1n) is 9.98. The van der Waals surface area contributed by atoms with Crippen molar-refractivity contribution >= 4 is 16.8 Å². The number of fused-ring (bicyclic) bond motifs is 2. The number of nitrogens with zero attached hydrogens (tertiary/aromatic N) is 2. The molecule has 3 aromatic rings. The summed E-state index contributed by atoms with van der Waals surface area (Å²) in [4.78, 5) is 8.97. The summed E-state index contributed by atoms with van der Waals surface area (Å²) in [5.74, 6) is 3.52. The van der Waals surface area contributed by atoms with Gasteiger partial charge in [0.1, 0.15) is 11.2 Å². The lowest BCUT2D eigenvalue weighted by atomic mass is 9.73. The van der Waals surface area contributed by atoms with Crippen LogP contribution >= 0.6 is 0 Å². The van der Waals surface area contributed by atoms with Crippen molar-refractivity contribution in [3.8, 4) is 11.6 Å². The highest BCUT2D eigenvalue weighted by atomic mass is 16.3. The summed E-state index contributed by atoms with van der Waals surface area (Å²) in [7, 11) is 0. The van der Waals surface area contributed by atoms with Crippen molar-refractivity contribution in [3.05, 3.63) is 54.4 Å². The Labute approximate surface area is 159 Å². The lowest BCUT2D eigenvalue weighted by Crippen LogP contribution is -2.26. The maximum Gasteiger partial charge on any atom is 0.246 e. The highest BCUT2D eigenvalue weighted by Crippen LogP contribution is 2.47. The van der Waals surface area contributed by atoms with E-state index in [-0.39, 0.29) is 0 Å². The second kappa shape index (κ2) is 6.52. The smallest absolute Gasteiger partial charge is 0.246 e. The van der Waals surface area contributed by atoms with E-state index in [0.29, 0.717) is 17.7 Å². The average molecular weight is 359 g/mol. The lowest BCUT2D eigenvalue weighted by molar-refractivity contribution is 0.203. The van der Waals surface area contributed by atoms with Crippen molar-refractivity contribution in [1.29, 1.82) is 0 Å². The molecule has 1 unspecified atom stereocenters. The van der Waals surface area contributed by atoms with Gasteiger partial charge in [-0.25, -0.2) is 4.98 Å². The molecule has 0 spiro atoms. The van der Waals surface area contributed by atoms with Gasteiger partial charge < -0.3 is 9.73 Å². The van der Waals surface area contributed by atoms with Gasteiger partial charge >= 0.3 is 0 Å². The third-order valence-corrected chi connectivity index (χ3v) is 6.24. The van der Waals surface area contributed by atoms with Gasteiger partial charge in [0.15, 0.2) is 5.58 Å². The van der Waals surface area contributed by atoms with Gasteiger partial charge in [0, 0.05) is 23.5 Å². The Morgan fingerprint density at radius 2 is 2.04 bits per heavy atom. The zero-order chi connectivity index (χ0) is 18.4. The number of nitrogens with one attached hydrogen (secondary N) is 1. The quantitative estimate of drug-likeness (QED) is 0.634. The van der Waals surface area contributed by atoms with E-state index in [4.69, 9.17) is 4.42 Å². The van der Waals surface area contributed by atoms with Crippen LogP contribution in [-0.2, 0) is 0 Å². The fraction of sp³-hybridized carbons (Fsp3) is 0.391. The first-order chi connectivity index (χ1) is 13.2. The summed E-state index contributed by atoms with van der Waals surface area (Å²) < 4.78 is 5.88. The Morgan fingerprint density at radius 1 is 1.11 bits per heavy atom. The third-order valence-electron chi connectivity index (χ3n) is 6.24. The maximum absolute atomic E-state index is 5.88. The highest BCUT2D eigenvalue weighted by Gasteiger charge is 2.38. The standard InChI is InChI=1S/C23H25N3O/c1-14-6-8-17-15(2)12-20(18(17)11-14)25-16-7-9-22-21(13-16)26-23(27-22)19-5-3-4-10-24-19/h3-5,7,9-10,12-15,17-18,25H,6,8,11H2,1-2H3/t14-,15?,17+,18-/m1/s1. The van der Waals surface area contributed by atoms with Gasteiger partial charge in [0.05, 0.1) is 0 Å². The van der Waals surface area contributed by atoms with Crippen LogP contribution in [0.5, 0.6) is 0 Å². The molecule has 4 heteroatoms. The number of rotatable bonds is 3. The van der Waals surface area contributed by atoms with Crippen LogP contribution in [0.25, 0.3) is 22.7 Å². The van der Waals surface area contributed by atoms with Crippen LogP contribution in [0.4, 0.5) is 5.69 Å². The first kappa shape index (κ1) is 16.5. The molecule has 2 aromatic heterocycles. The summed E-state index contributed by atoms with van der Waals surface area (Å²) in [5, 5.41) is 3.70. The van der Waals surface area contributed by atoms with Crippen LogP contribution in [-0.4, -0.2) is 9.97 Å². The van der Waals surface area contributed by atoms with Gasteiger partial charge in [-0.3, -0.25) is 4.98 Å². The van der Waals surface area contributed by atoms with E-state index in [9.17, 15) is 0 Å². The molecule has 0 saturated heterocycles. The Hall–Kier alpha value is -2.62. The molecule has 2 aliphatic carbocycles. The van der Waals surface area contributed by atoms with Gasteiger partial charge in [-0.1, -0.05) is 32.4 Å². The molecule has 0 amide bonds. The van der Waals surface area contributed by atoms with E-state index in [1.165, 1.54) is 25.0 Å². The van der Waals surface area contributed by atoms with Gasteiger partial charge in [-0.2, -0.15) is 0 Å². The van der Waals surface area contributed by atoms with Gasteiger partial charge in [0.25, 0.3) is 0 Å². The Morgan fingerprint density at radius 3 is 2.89 bits per heavy atom. The van der Waals surface area contributed by atoms with E-state index in [1.54, 1.807) is 6.20 Å². The minimum absolute atomic E-state index is 0.567. The van der Waals surface area contributed by atoms with Gasteiger partial charge in [0.2, 0.25) is 5.89 Å². The van der Waals surface area contributed by atoms with Crippen molar-refractivity contribution in [2.45, 2.75) is 33.1 Å². The van der Waals surface area contributed by atoms with Crippen molar-refractivity contribution in [2.75, 3.05) is 5.32 Å². The molecule has 1 saturated carbocycles. The largest absolute Gasteiger partial charge is 0.435 e. The van der Waals surface area contributed by atoms with E-state index in [2.05, 4.69) is 47.3 Å². The van der Waals surface area contributed by atoms with E-state index in [0.717, 1.165) is 34.3 Å². The molecule has 4 nitrogen and oxygen atoms in total. The van der Waals surface area contributed by atoms with Crippen molar-refractivity contribution in [2.24, 2.45) is 23.7 Å². The molecule has 0 aliphatic heterocycles. The fourth-order valence-electron chi connectivity index (χ4n) is 4.83. The minimum atomic E-state index is 0.567. The van der Waals surface area contributed by atoms with Gasteiger partial charge in [-0.15, -0.1) is 0 Å². The number of aromatic nitrogens is 2. The van der Waals surface area contributed by atoms with Crippen molar-refractivity contribution < 1.29 is 4.42 Å². The SMILES string of the molecule is CC1C=C(Nc2ccc3oc(-c4ccccn4)nc3c2)[C@@H]2C[C@H](C)CC[C@@H]12. The van der Waals surface area contributed by atoms with E-state index >= 15 is 0 Å². The fourth-order valence-corrected chi connectivity index (χ4v) is 4.83. The minimum Gasteiger partial charge on any atom is -0.435 e. The molecule has 4 atom stereocenters. The monoisotopic (exact) mass is 359 g/mol. The first-order valence-corrected chi connectivity index (χ1v) is 9.98. The molecule has 27 heavy (non-hydrogen) atoms. The second-order valence-electron chi connectivity index (χ2n) is 8.21. The molecule has 0 bridgehead atoms. The predicted octanol–water partition coefficient (Wildman–Crippen LogP) is 5.89. The van der Waals surface area contributed by atoms with Crippen molar-refractivity contribution in [1.82, 2.24) is 9.97 Å². The van der Waals surface area contributed by atoms with Crippen molar-refractivity contribution in [3.63, 3.8) is 0 Å². The lowest BCUT2D eigenvalue weighted by Gasteiger charge is -2.33. The Balaban J connectivity index is 1.41. The number of hydrogen-bond acceptors (Lipinski definition) is 4. The number of benzene rings is 1. The number of allylic oxidation sites excluding steroid dienone is 2. The van der Waals surface area contributed by atoms with Crippen LogP contribution in [0.3, 0.4) is 0 Å². The molecule has 0 radical (unpaired) electrons. The normalized spacial score (nSPS) is 27.4. The molecular formula is C23H25N3O. The molecule has 1 fully saturated rings. The number of hydrogen-bond donors (Lipinski definition) is 1. The highest BCUT2D eigenvalue weighted by molar-refractivity contribution is 5.80. The topological polar surface area (TPSA) is 51.0 Å². The summed E-state index contributed by atoms with van der Waals surface area (Å²) in [6.45, 7) is 4.75. The molecule has 2 aliphatic rings. The summed E-state index contributed by atoms with van der Waals surface area (Å²) >= 11 is 0. The molecule has 1 aromatic carbocycles. The molecule has 1 N–H and O–H groups in total. The third kappa shape index (κ3) is 3.03. The number of oxazole rings is 1. The second-order valence-corrected chi connectivity index (χ2v) is 8.21. The summed E-state index contributed by atoms with van der Waals surface area (Å²) in [6, 6.07) is 11.9. The summed E-state index contributed by atoms with van der Waals surface area (Å²) in [6.07, 6.45) is 8.22. The predicted molar refractivity (Wildman–Crippen MR) is 108 cm³/mol. The molecule has 138 valence electrons. The van der Waals surface area contributed by atoms with Crippen LogP contribution in [0.15, 0.2) is 58.8 Å². The van der Waals surface area contributed by atoms with Crippen LogP contribution in [0.2, 0.25) is 0 Å². The van der Waals surface area contributed by atoms with Gasteiger partial charge in [-0.05, 0) is 60.9 Å². The number of pyridine rings is 1. The zero-order valence-corrected chi connectivity index (χ0v) is 15.9. The maximum atomic E-state index is 5.88. The average Bonchev–Trinajstić information content (AvgIpc) is 3.23. The van der Waals surface area contributed by atoms with Crippen LogP contribution in [0, 0.1) is 23.7 Å². The van der Waals surface area contributed by atoms with E-state index in [1.807, 2.05) is 24.3 Å². The molecular weight excluding hydrogens is 334 g/mol. The zero-order valence-electron chi connectivity index (χ0n) is 15.9. The number of anilines is 1. The Bertz CT molecular complexity index is 991. The van der Waals surface area contributed by atoms with Crippen LogP contribution < -0.4 is 5.32 Å². The summed E-state index contributed by atoms with van der Waals surface area (Å²) in [5.41, 5.74) is 4.89. The molecule has 2 heterocycles. The molecule has 5 rings (SSSR count). The Kier molecular flexibility index (Phi) is 4.00.